The Labute approximate surface area is 221 Å². The molecule has 1 fully saturated rings. The Bertz CT molecular complexity index is 1010. The quantitative estimate of drug-likeness (QED) is 0.158. The van der Waals surface area contributed by atoms with Gasteiger partial charge in [-0.25, -0.2) is 0 Å². The molecule has 0 unspecified atom stereocenters. The van der Waals surface area contributed by atoms with E-state index < -0.39 is 43.4 Å². The molecule has 0 radical (unpaired) electrons. The summed E-state index contributed by atoms with van der Waals surface area (Å²) in [4.78, 5) is 11.9. The third-order valence-electron chi connectivity index (χ3n) is 6.59. The smallest absolute Gasteiger partial charge is 0.238 e. The van der Waals surface area contributed by atoms with Crippen LogP contribution in [0.2, 0.25) is 0 Å². The number of rotatable bonds is 13. The largest absolute Gasteiger partial charge is 0.443 e. The molecule has 2 heterocycles. The first kappa shape index (κ1) is 30.0. The van der Waals surface area contributed by atoms with E-state index in [2.05, 4.69) is 15.5 Å². The minimum atomic E-state index is -1.55. The lowest BCUT2D eigenvalue weighted by atomic mass is 9.97. The molecule has 1 aliphatic rings. The zero-order valence-corrected chi connectivity index (χ0v) is 21.7. The lowest BCUT2D eigenvalue weighted by Gasteiger charge is -2.39. The van der Waals surface area contributed by atoms with Crippen LogP contribution in [0.15, 0.2) is 24.3 Å². The van der Waals surface area contributed by atoms with Crippen LogP contribution >= 0.6 is 0 Å². The van der Waals surface area contributed by atoms with Crippen molar-refractivity contribution < 1.29 is 44.9 Å². The molecule has 12 heteroatoms. The average molecular weight is 538 g/mol. The number of aliphatic hydroxyl groups excluding tert-OH is 6. The number of carbonyl (C=O) groups is 1. The average Bonchev–Trinajstić information content (AvgIpc) is 3.30. The van der Waals surface area contributed by atoms with E-state index in [-0.39, 0.29) is 37.3 Å². The minimum Gasteiger partial charge on any atom is -0.443 e. The zero-order chi connectivity index (χ0) is 27.8. The summed E-state index contributed by atoms with van der Waals surface area (Å²) >= 11 is 0. The molecule has 0 saturated carbocycles. The van der Waals surface area contributed by atoms with Gasteiger partial charge in [-0.15, -0.1) is 5.10 Å². The predicted octanol–water partition coefficient (Wildman–Crippen LogP) is -0.905. The monoisotopic (exact) mass is 537 g/mol. The van der Waals surface area contributed by atoms with Crippen LogP contribution in [-0.2, 0) is 22.4 Å². The number of H-pyrrole nitrogens is 1. The van der Waals surface area contributed by atoms with Crippen molar-refractivity contribution >= 4 is 5.91 Å². The SMILES string of the molecule is CC(C)c1[nH]nc(O[C@@H]2O[C@H](CO)[C@@H](O)[C@H](O)[C@H]2O)c1Cc1ccc(CCCC(=O)NC(CO)CO)cc1. The Morgan fingerprint density at radius 2 is 1.71 bits per heavy atom. The van der Waals surface area contributed by atoms with Crippen molar-refractivity contribution in [3.05, 3.63) is 46.6 Å². The molecule has 38 heavy (non-hydrogen) atoms. The summed E-state index contributed by atoms with van der Waals surface area (Å²) in [5, 5.41) is 67.8. The summed E-state index contributed by atoms with van der Waals surface area (Å²) in [5.74, 6) is 0.0614. The molecular weight excluding hydrogens is 498 g/mol. The lowest BCUT2D eigenvalue weighted by Crippen LogP contribution is -2.60. The first-order chi connectivity index (χ1) is 18.2. The van der Waals surface area contributed by atoms with Crippen molar-refractivity contribution in [3.8, 4) is 5.88 Å². The number of ether oxygens (including phenoxy) is 2. The summed E-state index contributed by atoms with van der Waals surface area (Å²) in [6.45, 7) is 2.81. The van der Waals surface area contributed by atoms with Gasteiger partial charge in [-0.1, -0.05) is 38.1 Å². The molecule has 5 atom stereocenters. The predicted molar refractivity (Wildman–Crippen MR) is 135 cm³/mol. The van der Waals surface area contributed by atoms with Crippen LogP contribution in [0.25, 0.3) is 0 Å². The summed E-state index contributed by atoms with van der Waals surface area (Å²) in [5.41, 5.74) is 3.62. The summed E-state index contributed by atoms with van der Waals surface area (Å²) in [6.07, 6.45) is -4.96. The Hall–Kier alpha value is -2.58. The van der Waals surface area contributed by atoms with E-state index in [4.69, 9.17) is 19.7 Å². The highest BCUT2D eigenvalue weighted by Gasteiger charge is 2.45. The highest BCUT2D eigenvalue weighted by molar-refractivity contribution is 5.76. The van der Waals surface area contributed by atoms with Gasteiger partial charge in [-0.3, -0.25) is 9.89 Å². The molecule has 1 aromatic heterocycles. The Morgan fingerprint density at radius 3 is 2.32 bits per heavy atom. The van der Waals surface area contributed by atoms with E-state index in [9.17, 15) is 25.2 Å². The summed E-state index contributed by atoms with van der Waals surface area (Å²) in [6, 6.07) is 7.25. The van der Waals surface area contributed by atoms with Crippen LogP contribution in [-0.4, -0.2) is 103 Å². The third-order valence-corrected chi connectivity index (χ3v) is 6.59. The number of nitrogens with one attached hydrogen (secondary N) is 2. The van der Waals surface area contributed by atoms with Gasteiger partial charge >= 0.3 is 0 Å². The molecule has 3 rings (SSSR count). The second-order valence-electron chi connectivity index (χ2n) is 9.87. The standard InChI is InChI=1S/C26H39N3O9/c1-14(2)21-18(25(29-28-21)38-26-24(36)23(35)22(34)19(13-32)37-26)10-16-8-6-15(7-9-16)4-3-5-20(33)27-17(11-30)12-31/h6-9,14,17,19,22-24,26,30-32,34-36H,3-5,10-13H2,1-2H3,(H,27,33)(H,28,29)/t19-,22-,23+,24-,26+/m1/s1. The number of aromatic nitrogens is 2. The number of benzene rings is 1. The van der Waals surface area contributed by atoms with Crippen LogP contribution in [0.3, 0.4) is 0 Å². The maximum Gasteiger partial charge on any atom is 0.238 e. The molecule has 0 aliphatic carbocycles. The fourth-order valence-electron chi connectivity index (χ4n) is 4.31. The van der Waals surface area contributed by atoms with Gasteiger partial charge in [0.1, 0.15) is 24.4 Å². The molecule has 1 amide bonds. The molecule has 8 N–H and O–H groups in total. The molecule has 2 aromatic rings. The van der Waals surface area contributed by atoms with Gasteiger partial charge < -0.3 is 45.4 Å². The lowest BCUT2D eigenvalue weighted by molar-refractivity contribution is -0.278. The molecule has 212 valence electrons. The second kappa shape index (κ2) is 14.0. The Kier molecular flexibility index (Phi) is 11.0. The number of hydrogen-bond acceptors (Lipinski definition) is 10. The molecule has 1 aliphatic heterocycles. The maximum atomic E-state index is 11.9. The van der Waals surface area contributed by atoms with E-state index >= 15 is 0 Å². The van der Waals surface area contributed by atoms with Crippen molar-refractivity contribution in [1.82, 2.24) is 15.5 Å². The topological polar surface area (TPSA) is 198 Å². The third kappa shape index (κ3) is 7.50. The van der Waals surface area contributed by atoms with Crippen molar-refractivity contribution in [1.29, 1.82) is 0 Å². The highest BCUT2D eigenvalue weighted by atomic mass is 16.7. The van der Waals surface area contributed by atoms with Crippen molar-refractivity contribution in [2.24, 2.45) is 0 Å². The van der Waals surface area contributed by atoms with Gasteiger partial charge in [0.05, 0.1) is 25.9 Å². The van der Waals surface area contributed by atoms with E-state index in [0.717, 1.165) is 22.4 Å². The summed E-state index contributed by atoms with van der Waals surface area (Å²) < 4.78 is 11.3. The second-order valence-corrected chi connectivity index (χ2v) is 9.87. The number of aromatic amines is 1. The number of nitrogens with zero attached hydrogens (tertiary/aromatic N) is 1. The van der Waals surface area contributed by atoms with Crippen LogP contribution < -0.4 is 10.1 Å². The number of aliphatic hydroxyl groups is 6. The number of carbonyl (C=O) groups excluding carboxylic acids is 1. The number of hydrogen-bond donors (Lipinski definition) is 8. The number of amides is 1. The van der Waals surface area contributed by atoms with E-state index in [1.54, 1.807) is 0 Å². The first-order valence-electron chi connectivity index (χ1n) is 12.8. The highest BCUT2D eigenvalue weighted by Crippen LogP contribution is 2.31. The fourth-order valence-corrected chi connectivity index (χ4v) is 4.31. The van der Waals surface area contributed by atoms with Crippen LogP contribution in [0.4, 0.5) is 0 Å². The van der Waals surface area contributed by atoms with Crippen LogP contribution in [0.5, 0.6) is 5.88 Å². The normalized spacial score (nSPS) is 23.7. The van der Waals surface area contributed by atoms with Gasteiger partial charge in [-0.05, 0) is 29.9 Å². The first-order valence-corrected chi connectivity index (χ1v) is 12.8. The molecule has 1 saturated heterocycles. The molecule has 12 nitrogen and oxygen atoms in total. The molecule has 0 spiro atoms. The van der Waals surface area contributed by atoms with Gasteiger partial charge in [-0.2, -0.15) is 0 Å². The fraction of sp³-hybridized carbons (Fsp3) is 0.615. The molecule has 1 aromatic carbocycles. The Balaban J connectivity index is 1.65. The van der Waals surface area contributed by atoms with E-state index in [1.165, 1.54) is 0 Å². The van der Waals surface area contributed by atoms with Gasteiger partial charge in [0.15, 0.2) is 0 Å². The maximum absolute atomic E-state index is 11.9. The zero-order valence-electron chi connectivity index (χ0n) is 21.7. The number of aryl methyl sites for hydroxylation is 1. The van der Waals surface area contributed by atoms with E-state index in [1.807, 2.05) is 38.1 Å². The molecule has 0 bridgehead atoms. The van der Waals surface area contributed by atoms with Gasteiger partial charge in [0.25, 0.3) is 0 Å². The van der Waals surface area contributed by atoms with Crippen molar-refractivity contribution in [2.75, 3.05) is 19.8 Å². The van der Waals surface area contributed by atoms with Gasteiger partial charge in [0.2, 0.25) is 18.1 Å². The summed E-state index contributed by atoms with van der Waals surface area (Å²) in [7, 11) is 0. The van der Waals surface area contributed by atoms with E-state index in [0.29, 0.717) is 19.3 Å². The molecular formula is C26H39N3O9. The van der Waals surface area contributed by atoms with Gasteiger partial charge in [0, 0.05) is 24.1 Å². The van der Waals surface area contributed by atoms with Crippen molar-refractivity contribution in [3.63, 3.8) is 0 Å². The Morgan fingerprint density at radius 1 is 1.05 bits per heavy atom. The van der Waals surface area contributed by atoms with Crippen molar-refractivity contribution in [2.45, 2.75) is 82.2 Å². The van der Waals surface area contributed by atoms with Crippen LogP contribution in [0, 0.1) is 0 Å². The minimum absolute atomic E-state index is 0.0892. The van der Waals surface area contributed by atoms with Crippen LogP contribution in [0.1, 0.15) is 55.0 Å².